The molecule has 2 rings (SSSR count). The minimum absolute atomic E-state index is 0.100. The van der Waals surface area contributed by atoms with E-state index in [1.807, 2.05) is 42.5 Å². The van der Waals surface area contributed by atoms with Gasteiger partial charge in [0, 0.05) is 18.8 Å². The van der Waals surface area contributed by atoms with Gasteiger partial charge < -0.3 is 15.8 Å². The fraction of sp³-hybridized carbons (Fsp3) is 0.316. The summed E-state index contributed by atoms with van der Waals surface area (Å²) in [5.74, 6) is 0.435. The molecule has 0 spiro atoms. The van der Waals surface area contributed by atoms with Crippen LogP contribution in [0.1, 0.15) is 30.6 Å². The molecule has 23 heavy (non-hydrogen) atoms. The topological polar surface area (TPSA) is 59.6 Å². The number of benzene rings is 2. The molecule has 0 saturated heterocycles. The molecule has 0 aliphatic carbocycles. The summed E-state index contributed by atoms with van der Waals surface area (Å²) in [6.45, 7) is 5.42. The number of nitrogens with zero attached hydrogens (tertiary/aromatic N) is 1. The maximum absolute atomic E-state index is 5.87. The van der Waals surface area contributed by atoms with Crippen LogP contribution in [-0.2, 0) is 4.74 Å². The van der Waals surface area contributed by atoms with Crippen LogP contribution in [0.3, 0.4) is 0 Å². The maximum Gasteiger partial charge on any atom is 0.193 e. The first-order valence-corrected chi connectivity index (χ1v) is 7.95. The quantitative estimate of drug-likeness (QED) is 0.463. The van der Waals surface area contributed by atoms with Crippen molar-refractivity contribution < 1.29 is 4.74 Å². The van der Waals surface area contributed by atoms with Crippen LogP contribution in [0.5, 0.6) is 0 Å². The van der Waals surface area contributed by atoms with Gasteiger partial charge in [-0.1, -0.05) is 48.0 Å². The number of guanidine groups is 1. The van der Waals surface area contributed by atoms with Crippen molar-refractivity contribution in [2.75, 3.05) is 18.5 Å². The average molecular weight is 311 g/mol. The normalized spacial score (nSPS) is 12.9. The molecule has 0 fully saturated rings. The Morgan fingerprint density at radius 1 is 1.13 bits per heavy atom. The van der Waals surface area contributed by atoms with Crippen molar-refractivity contribution in [2.45, 2.75) is 26.4 Å². The smallest absolute Gasteiger partial charge is 0.193 e. The van der Waals surface area contributed by atoms with Gasteiger partial charge in [0.15, 0.2) is 5.96 Å². The van der Waals surface area contributed by atoms with E-state index in [9.17, 15) is 0 Å². The second-order valence-corrected chi connectivity index (χ2v) is 5.54. The summed E-state index contributed by atoms with van der Waals surface area (Å²) in [5.41, 5.74) is 9.23. The molecular formula is C19H25N3O. The third kappa shape index (κ3) is 6.12. The van der Waals surface area contributed by atoms with Gasteiger partial charge in [0.2, 0.25) is 0 Å². The molecule has 0 bridgehead atoms. The number of hydrogen-bond donors (Lipinski definition) is 2. The lowest BCUT2D eigenvalue weighted by molar-refractivity contribution is 0.0652. The maximum atomic E-state index is 5.87. The molecule has 3 N–H and O–H groups in total. The van der Waals surface area contributed by atoms with Gasteiger partial charge in [0.05, 0.1) is 6.10 Å². The van der Waals surface area contributed by atoms with Crippen LogP contribution >= 0.6 is 0 Å². The van der Waals surface area contributed by atoms with E-state index in [1.165, 1.54) is 11.1 Å². The molecule has 1 atom stereocenters. The molecule has 1 unspecified atom stereocenters. The van der Waals surface area contributed by atoms with E-state index in [-0.39, 0.29) is 6.10 Å². The van der Waals surface area contributed by atoms with E-state index in [1.54, 1.807) is 0 Å². The molecule has 122 valence electrons. The minimum Gasteiger partial charge on any atom is -0.374 e. The minimum atomic E-state index is 0.100. The summed E-state index contributed by atoms with van der Waals surface area (Å²) < 4.78 is 5.81. The molecule has 4 nitrogen and oxygen atoms in total. The van der Waals surface area contributed by atoms with E-state index < -0.39 is 0 Å². The van der Waals surface area contributed by atoms with Gasteiger partial charge in [0.25, 0.3) is 0 Å². The third-order valence-electron chi connectivity index (χ3n) is 3.55. The number of hydrogen-bond acceptors (Lipinski definition) is 2. The summed E-state index contributed by atoms with van der Waals surface area (Å²) in [6, 6.07) is 18.3. The highest BCUT2D eigenvalue weighted by atomic mass is 16.5. The van der Waals surface area contributed by atoms with Crippen LogP contribution in [0, 0.1) is 6.92 Å². The number of anilines is 1. The fourth-order valence-electron chi connectivity index (χ4n) is 2.17. The summed E-state index contributed by atoms with van der Waals surface area (Å²) in [4.78, 5) is 4.31. The van der Waals surface area contributed by atoms with E-state index in [4.69, 9.17) is 10.5 Å². The van der Waals surface area contributed by atoms with E-state index in [2.05, 4.69) is 36.3 Å². The first kappa shape index (κ1) is 17.0. The zero-order valence-electron chi connectivity index (χ0n) is 13.8. The van der Waals surface area contributed by atoms with E-state index >= 15 is 0 Å². The molecule has 4 heteroatoms. The van der Waals surface area contributed by atoms with Gasteiger partial charge in [-0.3, -0.25) is 4.99 Å². The summed E-state index contributed by atoms with van der Waals surface area (Å²) >= 11 is 0. The van der Waals surface area contributed by atoms with Crippen LogP contribution < -0.4 is 11.1 Å². The Kier molecular flexibility index (Phi) is 6.63. The van der Waals surface area contributed by atoms with Gasteiger partial charge in [-0.05, 0) is 38.0 Å². The number of aryl methyl sites for hydroxylation is 1. The van der Waals surface area contributed by atoms with Crippen molar-refractivity contribution in [3.8, 4) is 0 Å². The number of nitrogens with two attached hydrogens (primary N) is 1. The van der Waals surface area contributed by atoms with Gasteiger partial charge in [-0.2, -0.15) is 0 Å². The van der Waals surface area contributed by atoms with Crippen molar-refractivity contribution in [2.24, 2.45) is 10.7 Å². The van der Waals surface area contributed by atoms with Gasteiger partial charge in [-0.25, -0.2) is 0 Å². The molecule has 0 amide bonds. The predicted molar refractivity (Wildman–Crippen MR) is 96.7 cm³/mol. The number of ether oxygens (including phenoxy) is 1. The highest BCUT2D eigenvalue weighted by molar-refractivity contribution is 5.92. The molecule has 2 aromatic carbocycles. The van der Waals surface area contributed by atoms with Crippen molar-refractivity contribution in [3.63, 3.8) is 0 Å². The monoisotopic (exact) mass is 311 g/mol. The van der Waals surface area contributed by atoms with Gasteiger partial charge >= 0.3 is 0 Å². The average Bonchev–Trinajstić information content (AvgIpc) is 2.57. The highest BCUT2D eigenvalue weighted by Gasteiger charge is 2.03. The second-order valence-electron chi connectivity index (χ2n) is 5.54. The molecule has 0 radical (unpaired) electrons. The lowest BCUT2D eigenvalue weighted by Gasteiger charge is -2.12. The van der Waals surface area contributed by atoms with Crippen LogP contribution in [0.25, 0.3) is 0 Å². The van der Waals surface area contributed by atoms with Crippen LogP contribution in [0.2, 0.25) is 0 Å². The van der Waals surface area contributed by atoms with Crippen LogP contribution in [0.4, 0.5) is 5.69 Å². The Hall–Kier alpha value is -2.33. The van der Waals surface area contributed by atoms with Gasteiger partial charge in [-0.15, -0.1) is 0 Å². The molecule has 0 aromatic heterocycles. The summed E-state index contributed by atoms with van der Waals surface area (Å²) in [6.07, 6.45) is 0.941. The number of rotatable bonds is 7. The standard InChI is InChI=1S/C19H25N3O/c1-15-9-11-18(12-10-15)22-19(20)21-13-6-14-23-16(2)17-7-4-3-5-8-17/h3-5,7-12,16H,6,13-14H2,1-2H3,(H3,20,21,22). The Balaban J connectivity index is 1.67. The molecule has 0 aliphatic heterocycles. The largest absolute Gasteiger partial charge is 0.374 e. The zero-order valence-corrected chi connectivity index (χ0v) is 13.8. The van der Waals surface area contributed by atoms with Crippen LogP contribution in [-0.4, -0.2) is 19.1 Å². The first-order chi connectivity index (χ1) is 11.1. The molecule has 0 saturated carbocycles. The fourth-order valence-corrected chi connectivity index (χ4v) is 2.17. The Bertz CT molecular complexity index is 608. The molecule has 0 aliphatic rings. The Labute approximate surface area is 138 Å². The SMILES string of the molecule is Cc1ccc(NC(N)=NCCCOC(C)c2ccccc2)cc1. The van der Waals surface area contributed by atoms with Crippen molar-refractivity contribution in [1.29, 1.82) is 0 Å². The third-order valence-corrected chi connectivity index (χ3v) is 3.55. The lowest BCUT2D eigenvalue weighted by Crippen LogP contribution is -2.23. The lowest BCUT2D eigenvalue weighted by atomic mass is 10.1. The molecular weight excluding hydrogens is 286 g/mol. The summed E-state index contributed by atoms with van der Waals surface area (Å²) in [7, 11) is 0. The zero-order chi connectivity index (χ0) is 16.5. The number of aliphatic imine (C=N–C) groups is 1. The van der Waals surface area contributed by atoms with Gasteiger partial charge in [0.1, 0.15) is 0 Å². The summed E-state index contributed by atoms with van der Waals surface area (Å²) in [5, 5.41) is 3.08. The van der Waals surface area contributed by atoms with Crippen molar-refractivity contribution >= 4 is 11.6 Å². The Morgan fingerprint density at radius 3 is 2.52 bits per heavy atom. The van der Waals surface area contributed by atoms with Crippen molar-refractivity contribution in [1.82, 2.24) is 0 Å². The van der Waals surface area contributed by atoms with E-state index in [0.717, 1.165) is 12.1 Å². The second kappa shape index (κ2) is 8.96. The number of nitrogens with one attached hydrogen (secondary N) is 1. The first-order valence-electron chi connectivity index (χ1n) is 7.95. The van der Waals surface area contributed by atoms with E-state index in [0.29, 0.717) is 19.1 Å². The van der Waals surface area contributed by atoms with Crippen molar-refractivity contribution in [3.05, 3.63) is 65.7 Å². The Morgan fingerprint density at radius 2 is 1.83 bits per heavy atom. The molecule has 2 aromatic rings. The van der Waals surface area contributed by atoms with Crippen LogP contribution in [0.15, 0.2) is 59.6 Å². The predicted octanol–water partition coefficient (Wildman–Crippen LogP) is 3.89. The molecule has 0 heterocycles. The highest BCUT2D eigenvalue weighted by Crippen LogP contribution is 2.15.